The van der Waals surface area contributed by atoms with E-state index in [9.17, 15) is 4.79 Å². The Labute approximate surface area is 189 Å². The van der Waals surface area contributed by atoms with E-state index in [0.717, 1.165) is 11.3 Å². The second kappa shape index (κ2) is 11.7. The summed E-state index contributed by atoms with van der Waals surface area (Å²) in [5.74, 6) is 2.44. The summed E-state index contributed by atoms with van der Waals surface area (Å²) in [6.45, 7) is 11.6. The van der Waals surface area contributed by atoms with Crippen molar-refractivity contribution in [2.75, 3.05) is 18.4 Å². The molecule has 160 valence electrons. The number of aliphatic imine (C=N–C) groups is 1. The highest BCUT2D eigenvalue weighted by Crippen LogP contribution is 2.22. The average molecular weight is 514 g/mol. The van der Waals surface area contributed by atoms with Crippen LogP contribution in [0.25, 0.3) is 0 Å². The van der Waals surface area contributed by atoms with Gasteiger partial charge in [0.15, 0.2) is 5.96 Å². The monoisotopic (exact) mass is 514 g/mol. The molecule has 0 aliphatic rings. The molecule has 2 heterocycles. The van der Waals surface area contributed by atoms with Crippen LogP contribution in [-0.2, 0) is 16.8 Å². The minimum absolute atomic E-state index is 0. The lowest BCUT2D eigenvalue weighted by Gasteiger charge is -2.13. The maximum Gasteiger partial charge on any atom is 0.227 e. The first-order valence-electron chi connectivity index (χ1n) is 9.48. The molecule has 0 atom stereocenters. The number of guanidine groups is 1. The Kier molecular flexibility index (Phi) is 10.1. The predicted octanol–water partition coefficient (Wildman–Crippen LogP) is 3.38. The summed E-state index contributed by atoms with van der Waals surface area (Å²) < 4.78 is 5.75. The zero-order valence-corrected chi connectivity index (χ0v) is 20.0. The van der Waals surface area contributed by atoms with Crippen molar-refractivity contribution >= 4 is 41.7 Å². The van der Waals surface area contributed by atoms with Gasteiger partial charge in [0, 0.05) is 31.1 Å². The summed E-state index contributed by atoms with van der Waals surface area (Å²) in [5.41, 5.74) is 0.962. The Hall–Kier alpha value is -2.17. The Morgan fingerprint density at radius 1 is 1.17 bits per heavy atom. The number of amides is 1. The van der Waals surface area contributed by atoms with E-state index in [1.165, 1.54) is 0 Å². The van der Waals surface area contributed by atoms with E-state index in [-0.39, 0.29) is 35.3 Å². The molecule has 0 radical (unpaired) electrons. The summed E-state index contributed by atoms with van der Waals surface area (Å²) in [7, 11) is 0. The number of anilines is 1. The average Bonchev–Trinajstić information content (AvgIpc) is 3.11. The normalized spacial score (nSPS) is 11.6. The van der Waals surface area contributed by atoms with Crippen LogP contribution in [-0.4, -0.2) is 34.9 Å². The van der Waals surface area contributed by atoms with Crippen molar-refractivity contribution in [3.05, 3.63) is 41.7 Å². The number of hydrogen-bond donors (Lipinski definition) is 3. The molecule has 0 unspecified atom stereocenters. The molecule has 2 aromatic rings. The van der Waals surface area contributed by atoms with Gasteiger partial charge in [-0.3, -0.25) is 4.79 Å². The van der Waals surface area contributed by atoms with Gasteiger partial charge in [-0.2, -0.15) is 0 Å². The fourth-order valence-corrected chi connectivity index (χ4v) is 2.26. The van der Waals surface area contributed by atoms with Crippen LogP contribution in [0.2, 0.25) is 0 Å². The first kappa shape index (κ1) is 24.9. The smallest absolute Gasteiger partial charge is 0.227 e. The van der Waals surface area contributed by atoms with Crippen molar-refractivity contribution in [3.8, 4) is 0 Å². The molecule has 9 heteroatoms. The van der Waals surface area contributed by atoms with Gasteiger partial charge in [0.2, 0.25) is 11.8 Å². The predicted molar refractivity (Wildman–Crippen MR) is 126 cm³/mol. The third-order valence-corrected chi connectivity index (χ3v) is 3.83. The molecule has 0 saturated carbocycles. The number of hydrogen-bond acceptors (Lipinski definition) is 5. The molecule has 0 aliphatic heterocycles. The fraction of sp³-hybridized carbons (Fsp3) is 0.500. The largest absolute Gasteiger partial charge is 0.443 e. The Balaban J connectivity index is 0.00000420. The lowest BCUT2D eigenvalue weighted by molar-refractivity contribution is -0.116. The molecule has 0 bridgehead atoms. The molecule has 0 saturated heterocycles. The number of carbonyl (C=O) groups excluding carboxylic acids is 1. The highest BCUT2D eigenvalue weighted by Gasteiger charge is 2.19. The van der Waals surface area contributed by atoms with Crippen LogP contribution >= 0.6 is 24.0 Å². The first-order chi connectivity index (χ1) is 13.3. The van der Waals surface area contributed by atoms with Crippen LogP contribution in [0.15, 0.2) is 33.9 Å². The van der Waals surface area contributed by atoms with Gasteiger partial charge in [-0.1, -0.05) is 26.8 Å². The van der Waals surface area contributed by atoms with Crippen molar-refractivity contribution in [2.45, 2.75) is 53.0 Å². The number of nitrogens with zero attached hydrogens (tertiary/aromatic N) is 3. The summed E-state index contributed by atoms with van der Waals surface area (Å²) >= 11 is 0. The zero-order valence-electron chi connectivity index (χ0n) is 17.7. The van der Waals surface area contributed by atoms with Crippen molar-refractivity contribution in [3.63, 3.8) is 0 Å². The van der Waals surface area contributed by atoms with Crippen molar-refractivity contribution < 1.29 is 9.21 Å². The van der Waals surface area contributed by atoms with E-state index in [1.54, 1.807) is 18.5 Å². The van der Waals surface area contributed by atoms with E-state index in [1.807, 2.05) is 19.9 Å². The van der Waals surface area contributed by atoms with Gasteiger partial charge in [0.05, 0.1) is 6.20 Å². The highest BCUT2D eigenvalue weighted by atomic mass is 127. The molecule has 2 aromatic heterocycles. The molecular formula is C20H31IN6O2. The van der Waals surface area contributed by atoms with Gasteiger partial charge in [0.25, 0.3) is 0 Å². The van der Waals surface area contributed by atoms with E-state index >= 15 is 0 Å². The second-order valence-electron chi connectivity index (χ2n) is 7.51. The molecule has 3 N–H and O–H groups in total. The SMILES string of the molecule is CCNC(=NCc1ncc(C(C)(C)C)o1)NCCC(=O)Nc1ccc(C)cn1.I. The van der Waals surface area contributed by atoms with Crippen LogP contribution in [0.3, 0.4) is 0 Å². The Morgan fingerprint density at radius 3 is 2.52 bits per heavy atom. The number of carbonyl (C=O) groups is 1. The number of oxazole rings is 1. The van der Waals surface area contributed by atoms with E-state index < -0.39 is 0 Å². The second-order valence-corrected chi connectivity index (χ2v) is 7.51. The van der Waals surface area contributed by atoms with Gasteiger partial charge < -0.3 is 20.4 Å². The fourth-order valence-electron chi connectivity index (χ4n) is 2.26. The number of aryl methyl sites for hydroxylation is 1. The van der Waals surface area contributed by atoms with Crippen molar-refractivity contribution in [1.29, 1.82) is 0 Å². The van der Waals surface area contributed by atoms with Gasteiger partial charge in [0.1, 0.15) is 18.1 Å². The Bertz CT molecular complexity index is 796. The summed E-state index contributed by atoms with van der Waals surface area (Å²) in [5, 5.41) is 9.06. The van der Waals surface area contributed by atoms with E-state index in [2.05, 4.69) is 51.7 Å². The third kappa shape index (κ3) is 8.80. The summed E-state index contributed by atoms with van der Waals surface area (Å²) in [6, 6.07) is 3.69. The number of aromatic nitrogens is 2. The van der Waals surface area contributed by atoms with Crippen LogP contribution in [0.5, 0.6) is 0 Å². The van der Waals surface area contributed by atoms with Gasteiger partial charge in [-0.25, -0.2) is 15.0 Å². The minimum atomic E-state index is -0.109. The highest BCUT2D eigenvalue weighted by molar-refractivity contribution is 14.0. The lowest BCUT2D eigenvalue weighted by atomic mass is 9.94. The van der Waals surface area contributed by atoms with E-state index in [0.29, 0.717) is 43.7 Å². The molecule has 1 amide bonds. The molecule has 0 aliphatic carbocycles. The molecule has 8 nitrogen and oxygen atoms in total. The van der Waals surface area contributed by atoms with Crippen LogP contribution < -0.4 is 16.0 Å². The molecule has 29 heavy (non-hydrogen) atoms. The van der Waals surface area contributed by atoms with Crippen LogP contribution in [0.4, 0.5) is 5.82 Å². The lowest BCUT2D eigenvalue weighted by Crippen LogP contribution is -2.38. The van der Waals surface area contributed by atoms with E-state index in [4.69, 9.17) is 4.42 Å². The van der Waals surface area contributed by atoms with Crippen molar-refractivity contribution in [2.24, 2.45) is 4.99 Å². The number of pyridine rings is 1. The molecule has 0 aromatic carbocycles. The molecular weight excluding hydrogens is 483 g/mol. The summed E-state index contributed by atoms with van der Waals surface area (Å²) in [6.07, 6.45) is 3.76. The summed E-state index contributed by atoms with van der Waals surface area (Å²) in [4.78, 5) is 24.9. The van der Waals surface area contributed by atoms with Crippen LogP contribution in [0, 0.1) is 6.92 Å². The molecule has 2 rings (SSSR count). The quantitative estimate of drug-likeness (QED) is 0.298. The maximum atomic E-state index is 12.0. The van der Waals surface area contributed by atoms with Gasteiger partial charge >= 0.3 is 0 Å². The third-order valence-electron chi connectivity index (χ3n) is 3.83. The standard InChI is InChI=1S/C20H30N6O2.HI/c1-6-21-19(25-13-18-24-12-15(28-18)20(3,4)5)22-10-9-17(27)26-16-8-7-14(2)11-23-16;/h7-8,11-12H,6,9-10,13H2,1-5H3,(H2,21,22,25)(H,23,26,27);1H. The minimum Gasteiger partial charge on any atom is -0.443 e. The number of nitrogens with one attached hydrogen (secondary N) is 3. The zero-order chi connectivity index (χ0) is 20.6. The van der Waals surface area contributed by atoms with Gasteiger partial charge in [-0.05, 0) is 25.5 Å². The number of rotatable bonds is 7. The maximum absolute atomic E-state index is 12.0. The van der Waals surface area contributed by atoms with Gasteiger partial charge in [-0.15, -0.1) is 24.0 Å². The first-order valence-corrected chi connectivity index (χ1v) is 9.48. The molecule has 0 fully saturated rings. The Morgan fingerprint density at radius 2 is 1.93 bits per heavy atom. The topological polar surface area (TPSA) is 104 Å². The number of halogens is 1. The van der Waals surface area contributed by atoms with Crippen LogP contribution in [0.1, 0.15) is 51.3 Å². The van der Waals surface area contributed by atoms with Crippen molar-refractivity contribution in [1.82, 2.24) is 20.6 Å². The molecule has 0 spiro atoms.